The Balaban J connectivity index is 2.11. The number of rotatable bonds is 4. The van der Waals surface area contributed by atoms with Crippen molar-refractivity contribution in [3.8, 4) is 0 Å². The van der Waals surface area contributed by atoms with Crippen LogP contribution in [0.1, 0.15) is 21.5 Å². The molecule has 0 unspecified atom stereocenters. The number of nitrogens with zero attached hydrogens (tertiary/aromatic N) is 1. The molecule has 0 atom stereocenters. The van der Waals surface area contributed by atoms with Crippen molar-refractivity contribution in [3.05, 3.63) is 71.3 Å². The van der Waals surface area contributed by atoms with Crippen LogP contribution in [0.5, 0.6) is 0 Å². The smallest absolute Gasteiger partial charge is 0.283 e. The molecular weight excluding hydrogens is 252 g/mol. The van der Waals surface area contributed by atoms with Crippen molar-refractivity contribution < 1.29 is 9.59 Å². The molecule has 0 aliphatic carbocycles. The van der Waals surface area contributed by atoms with Crippen molar-refractivity contribution in [2.75, 3.05) is 0 Å². The molecule has 4 heteroatoms. The van der Waals surface area contributed by atoms with Crippen LogP contribution in [0.15, 0.2) is 54.6 Å². The van der Waals surface area contributed by atoms with Gasteiger partial charge in [0.2, 0.25) is 0 Å². The topological polar surface area (TPSA) is 63.4 Å². The summed E-state index contributed by atoms with van der Waals surface area (Å²) in [4.78, 5) is 24.2. The number of Topliss-reactive ketones (excluding diaryl/α,β-unsaturated/α-hetero) is 1. The Hall–Kier alpha value is -2.46. The minimum absolute atomic E-state index is 0.206. The summed E-state index contributed by atoms with van der Waals surface area (Å²) in [6.45, 7) is 2.00. The number of aryl methyl sites for hydroxylation is 1. The van der Waals surface area contributed by atoms with E-state index in [1.54, 1.807) is 25.1 Å². The second-order valence-electron chi connectivity index (χ2n) is 4.56. The lowest BCUT2D eigenvalue weighted by atomic mass is 10.0. The first-order valence-corrected chi connectivity index (χ1v) is 6.30. The third-order valence-corrected chi connectivity index (χ3v) is 3.04. The van der Waals surface area contributed by atoms with E-state index < -0.39 is 11.7 Å². The third-order valence-electron chi connectivity index (χ3n) is 3.04. The van der Waals surface area contributed by atoms with Gasteiger partial charge in [0.15, 0.2) is 0 Å². The molecule has 2 rings (SSSR count). The number of ketones is 1. The summed E-state index contributed by atoms with van der Waals surface area (Å²) >= 11 is 0. The van der Waals surface area contributed by atoms with Crippen LogP contribution in [-0.4, -0.2) is 16.7 Å². The second kappa shape index (κ2) is 6.12. The lowest BCUT2D eigenvalue weighted by molar-refractivity contribution is -0.127. The molecule has 0 fully saturated rings. The van der Waals surface area contributed by atoms with Crippen LogP contribution < -0.4 is 5.84 Å². The minimum Gasteiger partial charge on any atom is -0.283 e. The highest BCUT2D eigenvalue weighted by molar-refractivity contribution is 6.42. The average Bonchev–Trinajstić information content (AvgIpc) is 2.47. The molecule has 0 radical (unpaired) electrons. The zero-order chi connectivity index (χ0) is 14.5. The number of nitrogens with two attached hydrogens (primary N) is 1. The van der Waals surface area contributed by atoms with Crippen LogP contribution in [0.4, 0.5) is 0 Å². The van der Waals surface area contributed by atoms with E-state index in [0.29, 0.717) is 5.56 Å². The van der Waals surface area contributed by atoms with Gasteiger partial charge in [-0.25, -0.2) is 5.84 Å². The molecule has 0 spiro atoms. The Morgan fingerprint density at radius 1 is 1.00 bits per heavy atom. The van der Waals surface area contributed by atoms with E-state index in [2.05, 4.69) is 0 Å². The van der Waals surface area contributed by atoms with E-state index in [1.165, 1.54) is 0 Å². The van der Waals surface area contributed by atoms with Gasteiger partial charge in [-0.1, -0.05) is 54.6 Å². The van der Waals surface area contributed by atoms with Crippen molar-refractivity contribution >= 4 is 11.7 Å². The lowest BCUT2D eigenvalue weighted by Gasteiger charge is -2.16. The molecule has 0 aromatic heterocycles. The van der Waals surface area contributed by atoms with Gasteiger partial charge >= 0.3 is 5.91 Å². The number of amides is 1. The monoisotopic (exact) mass is 268 g/mol. The van der Waals surface area contributed by atoms with Gasteiger partial charge in [0.25, 0.3) is 5.78 Å². The fourth-order valence-electron chi connectivity index (χ4n) is 1.93. The molecule has 2 N–H and O–H groups in total. The molecule has 20 heavy (non-hydrogen) atoms. The molecule has 1 amide bonds. The number of hydrazine groups is 1. The minimum atomic E-state index is -0.705. The normalized spacial score (nSPS) is 10.1. The SMILES string of the molecule is Cc1ccccc1C(=O)C(=O)N(N)Cc1ccccc1. The van der Waals surface area contributed by atoms with Gasteiger partial charge in [-0.2, -0.15) is 0 Å². The number of hydrogen-bond donors (Lipinski definition) is 1. The van der Waals surface area contributed by atoms with E-state index in [1.807, 2.05) is 36.4 Å². The van der Waals surface area contributed by atoms with Crippen LogP contribution in [0.3, 0.4) is 0 Å². The number of carbonyl (C=O) groups is 2. The Labute approximate surface area is 117 Å². The highest BCUT2D eigenvalue weighted by Crippen LogP contribution is 2.10. The zero-order valence-corrected chi connectivity index (χ0v) is 11.2. The summed E-state index contributed by atoms with van der Waals surface area (Å²) in [6, 6.07) is 16.3. The maximum Gasteiger partial charge on any atom is 0.309 e. The number of carbonyl (C=O) groups excluding carboxylic acids is 2. The number of benzene rings is 2. The highest BCUT2D eigenvalue weighted by Gasteiger charge is 2.22. The first-order chi connectivity index (χ1) is 9.59. The van der Waals surface area contributed by atoms with Crippen LogP contribution in [0, 0.1) is 6.92 Å². The van der Waals surface area contributed by atoms with E-state index in [4.69, 9.17) is 5.84 Å². The van der Waals surface area contributed by atoms with Crippen molar-refractivity contribution in [2.24, 2.45) is 5.84 Å². The molecule has 2 aromatic rings. The van der Waals surface area contributed by atoms with Gasteiger partial charge in [-0.15, -0.1) is 0 Å². The second-order valence-corrected chi connectivity index (χ2v) is 4.56. The van der Waals surface area contributed by atoms with Gasteiger partial charge in [0, 0.05) is 5.56 Å². The summed E-state index contributed by atoms with van der Waals surface area (Å²) in [5.74, 6) is 4.41. The molecular formula is C16H16N2O2. The summed E-state index contributed by atoms with van der Waals surface area (Å²) in [6.07, 6.45) is 0. The summed E-state index contributed by atoms with van der Waals surface area (Å²) in [7, 11) is 0. The Morgan fingerprint density at radius 2 is 1.60 bits per heavy atom. The molecule has 0 saturated carbocycles. The quantitative estimate of drug-likeness (QED) is 0.303. The maximum absolute atomic E-state index is 12.1. The molecule has 102 valence electrons. The van der Waals surface area contributed by atoms with Gasteiger partial charge in [-0.05, 0) is 18.1 Å². The van der Waals surface area contributed by atoms with Crippen LogP contribution >= 0.6 is 0 Å². The average molecular weight is 268 g/mol. The van der Waals surface area contributed by atoms with E-state index in [9.17, 15) is 9.59 Å². The van der Waals surface area contributed by atoms with Crippen LogP contribution in [0.2, 0.25) is 0 Å². The molecule has 0 heterocycles. The highest BCUT2D eigenvalue weighted by atomic mass is 16.2. The van der Waals surface area contributed by atoms with E-state index in [-0.39, 0.29) is 6.54 Å². The van der Waals surface area contributed by atoms with Gasteiger partial charge in [-0.3, -0.25) is 14.6 Å². The predicted molar refractivity (Wildman–Crippen MR) is 76.7 cm³/mol. The maximum atomic E-state index is 12.1. The summed E-state index contributed by atoms with van der Waals surface area (Å²) in [5, 5.41) is 0.949. The number of hydrogen-bond acceptors (Lipinski definition) is 3. The first kappa shape index (κ1) is 14.0. The van der Waals surface area contributed by atoms with Crippen LogP contribution in [-0.2, 0) is 11.3 Å². The standard InChI is InChI=1S/C16H16N2O2/c1-12-7-5-6-10-14(12)15(19)16(20)18(17)11-13-8-3-2-4-9-13/h2-10H,11,17H2,1H3. The Morgan fingerprint density at radius 3 is 2.25 bits per heavy atom. The summed E-state index contributed by atoms with van der Waals surface area (Å²) < 4.78 is 0. The van der Waals surface area contributed by atoms with Crippen LogP contribution in [0.25, 0.3) is 0 Å². The van der Waals surface area contributed by atoms with Gasteiger partial charge < -0.3 is 0 Å². The van der Waals surface area contributed by atoms with E-state index >= 15 is 0 Å². The Bertz CT molecular complexity index is 623. The summed E-state index contributed by atoms with van der Waals surface area (Å²) in [5.41, 5.74) is 2.03. The van der Waals surface area contributed by atoms with Crippen molar-refractivity contribution in [1.82, 2.24) is 5.01 Å². The van der Waals surface area contributed by atoms with E-state index in [0.717, 1.165) is 16.1 Å². The first-order valence-electron chi connectivity index (χ1n) is 6.30. The van der Waals surface area contributed by atoms with Crippen molar-refractivity contribution in [1.29, 1.82) is 0 Å². The van der Waals surface area contributed by atoms with Gasteiger partial charge in [0.05, 0.1) is 6.54 Å². The fourth-order valence-corrected chi connectivity index (χ4v) is 1.93. The molecule has 2 aromatic carbocycles. The molecule has 4 nitrogen and oxygen atoms in total. The Kier molecular flexibility index (Phi) is 4.27. The lowest BCUT2D eigenvalue weighted by Crippen LogP contribution is -2.41. The van der Waals surface area contributed by atoms with Crippen molar-refractivity contribution in [3.63, 3.8) is 0 Å². The molecule has 0 bridgehead atoms. The van der Waals surface area contributed by atoms with Crippen molar-refractivity contribution in [2.45, 2.75) is 13.5 Å². The molecule has 0 saturated heterocycles. The predicted octanol–water partition coefficient (Wildman–Crippen LogP) is 2.08. The third kappa shape index (κ3) is 3.10. The molecule has 0 aliphatic heterocycles. The fraction of sp³-hybridized carbons (Fsp3) is 0.125. The molecule has 0 aliphatic rings. The van der Waals surface area contributed by atoms with Gasteiger partial charge in [0.1, 0.15) is 0 Å². The zero-order valence-electron chi connectivity index (χ0n) is 11.2. The largest absolute Gasteiger partial charge is 0.309 e.